The highest BCUT2D eigenvalue weighted by Crippen LogP contribution is 2.18. The van der Waals surface area contributed by atoms with Crippen LogP contribution in [0, 0.1) is 12.8 Å². The predicted molar refractivity (Wildman–Crippen MR) is 90.9 cm³/mol. The number of hydrogen-bond donors (Lipinski definition) is 2. The van der Waals surface area contributed by atoms with Gasteiger partial charge in [0, 0.05) is 11.6 Å². The van der Waals surface area contributed by atoms with Crippen LogP contribution >= 0.6 is 12.2 Å². The van der Waals surface area contributed by atoms with E-state index in [-0.39, 0.29) is 15.9 Å². The average molecular weight is 329 g/mol. The fourth-order valence-corrected chi connectivity index (χ4v) is 3.86. The minimum absolute atomic E-state index is 0.0976. The third kappa shape index (κ3) is 5.05. The average Bonchev–Trinajstić information content (AvgIpc) is 2.36. The number of aryl methyl sites for hydroxylation is 1. The molecular formula is C15H24N2O2S2. The molecular weight excluding hydrogens is 304 g/mol. The molecule has 3 N–H and O–H groups in total. The maximum atomic E-state index is 12.4. The summed E-state index contributed by atoms with van der Waals surface area (Å²) in [5.41, 5.74) is 6.88. The SMILES string of the molecule is CCC(C)CC(C)NS(=O)(=O)c1ccc(C(N)=S)cc1C. The van der Waals surface area contributed by atoms with Crippen LogP contribution in [0.15, 0.2) is 23.1 Å². The smallest absolute Gasteiger partial charge is 0.241 e. The zero-order valence-electron chi connectivity index (χ0n) is 13.0. The Kier molecular flexibility index (Phi) is 6.31. The van der Waals surface area contributed by atoms with Gasteiger partial charge < -0.3 is 5.73 Å². The number of hydrogen-bond acceptors (Lipinski definition) is 3. The van der Waals surface area contributed by atoms with Crippen molar-refractivity contribution in [3.63, 3.8) is 0 Å². The van der Waals surface area contributed by atoms with Gasteiger partial charge in [0.2, 0.25) is 10.0 Å². The Morgan fingerprint density at radius 2 is 2.00 bits per heavy atom. The summed E-state index contributed by atoms with van der Waals surface area (Å²) in [6, 6.07) is 4.81. The molecule has 0 spiro atoms. The molecule has 0 amide bonds. The molecule has 21 heavy (non-hydrogen) atoms. The van der Waals surface area contributed by atoms with E-state index in [2.05, 4.69) is 18.6 Å². The molecule has 2 unspecified atom stereocenters. The van der Waals surface area contributed by atoms with Crippen LogP contribution in [0.4, 0.5) is 0 Å². The number of nitrogens with two attached hydrogens (primary N) is 1. The molecule has 0 aliphatic carbocycles. The second-order valence-electron chi connectivity index (χ2n) is 5.62. The largest absolute Gasteiger partial charge is 0.389 e. The first-order chi connectivity index (χ1) is 9.67. The summed E-state index contributed by atoms with van der Waals surface area (Å²) in [5, 5.41) is 0. The first-order valence-corrected chi connectivity index (χ1v) is 8.99. The Morgan fingerprint density at radius 3 is 2.48 bits per heavy atom. The van der Waals surface area contributed by atoms with Gasteiger partial charge in [-0.05, 0) is 43.9 Å². The molecule has 0 heterocycles. The van der Waals surface area contributed by atoms with Crippen molar-refractivity contribution in [2.24, 2.45) is 11.7 Å². The number of sulfonamides is 1. The molecule has 0 saturated carbocycles. The van der Waals surface area contributed by atoms with E-state index in [0.29, 0.717) is 17.0 Å². The summed E-state index contributed by atoms with van der Waals surface area (Å²) < 4.78 is 27.6. The third-order valence-electron chi connectivity index (χ3n) is 3.56. The topological polar surface area (TPSA) is 72.2 Å². The minimum atomic E-state index is -3.52. The van der Waals surface area contributed by atoms with Crippen molar-refractivity contribution < 1.29 is 8.42 Å². The van der Waals surface area contributed by atoms with Crippen molar-refractivity contribution in [1.82, 2.24) is 4.72 Å². The highest BCUT2D eigenvalue weighted by Gasteiger charge is 2.20. The first kappa shape index (κ1) is 18.1. The van der Waals surface area contributed by atoms with E-state index in [4.69, 9.17) is 18.0 Å². The molecule has 0 bridgehead atoms. The Hall–Kier alpha value is -0.980. The Labute approximate surface area is 133 Å². The van der Waals surface area contributed by atoms with Crippen LogP contribution in [0.1, 0.15) is 44.7 Å². The van der Waals surface area contributed by atoms with Crippen LogP contribution in [0.25, 0.3) is 0 Å². The molecule has 0 fully saturated rings. The van der Waals surface area contributed by atoms with Gasteiger partial charge in [-0.2, -0.15) is 0 Å². The summed E-state index contributed by atoms with van der Waals surface area (Å²) in [6.07, 6.45) is 1.85. The zero-order chi connectivity index (χ0) is 16.2. The zero-order valence-corrected chi connectivity index (χ0v) is 14.6. The Morgan fingerprint density at radius 1 is 1.38 bits per heavy atom. The fourth-order valence-electron chi connectivity index (χ4n) is 2.25. The number of nitrogens with one attached hydrogen (secondary N) is 1. The normalized spacial score (nSPS) is 14.7. The molecule has 0 aliphatic rings. The van der Waals surface area contributed by atoms with Gasteiger partial charge in [0.05, 0.1) is 4.90 Å². The summed E-state index contributed by atoms with van der Waals surface area (Å²) in [4.78, 5) is 0.540. The molecule has 0 radical (unpaired) electrons. The summed E-state index contributed by atoms with van der Waals surface area (Å²) in [6.45, 7) is 7.86. The van der Waals surface area contributed by atoms with E-state index >= 15 is 0 Å². The standard InChI is InChI=1S/C15H24N2O2S2/c1-5-10(2)8-12(4)17-21(18,19)14-7-6-13(15(16)20)9-11(14)3/h6-7,9-10,12,17H,5,8H2,1-4H3,(H2,16,20). The van der Waals surface area contributed by atoms with Crippen LogP contribution in [0.5, 0.6) is 0 Å². The van der Waals surface area contributed by atoms with Gasteiger partial charge in [-0.25, -0.2) is 13.1 Å². The number of benzene rings is 1. The third-order valence-corrected chi connectivity index (χ3v) is 5.54. The van der Waals surface area contributed by atoms with Crippen LogP contribution in [-0.2, 0) is 10.0 Å². The van der Waals surface area contributed by atoms with E-state index in [1.165, 1.54) is 0 Å². The van der Waals surface area contributed by atoms with Gasteiger partial charge in [-0.3, -0.25) is 0 Å². The number of rotatable bonds is 7. The van der Waals surface area contributed by atoms with E-state index in [9.17, 15) is 8.42 Å². The van der Waals surface area contributed by atoms with Gasteiger partial charge in [0.1, 0.15) is 4.99 Å². The van der Waals surface area contributed by atoms with Gasteiger partial charge in [0.15, 0.2) is 0 Å². The van der Waals surface area contributed by atoms with Gasteiger partial charge in [-0.15, -0.1) is 0 Å². The van der Waals surface area contributed by atoms with Gasteiger partial charge in [0.25, 0.3) is 0 Å². The minimum Gasteiger partial charge on any atom is -0.389 e. The van der Waals surface area contributed by atoms with Crippen molar-refractivity contribution >= 4 is 27.2 Å². The highest BCUT2D eigenvalue weighted by molar-refractivity contribution is 7.89. The van der Waals surface area contributed by atoms with Crippen molar-refractivity contribution in [1.29, 1.82) is 0 Å². The molecule has 0 aromatic heterocycles. The molecule has 0 saturated heterocycles. The molecule has 118 valence electrons. The lowest BCUT2D eigenvalue weighted by Crippen LogP contribution is -2.34. The maximum Gasteiger partial charge on any atom is 0.241 e. The molecule has 4 nitrogen and oxygen atoms in total. The van der Waals surface area contributed by atoms with E-state index in [0.717, 1.165) is 12.8 Å². The van der Waals surface area contributed by atoms with E-state index < -0.39 is 10.0 Å². The quantitative estimate of drug-likeness (QED) is 0.755. The lowest BCUT2D eigenvalue weighted by Gasteiger charge is -2.18. The van der Waals surface area contributed by atoms with Gasteiger partial charge >= 0.3 is 0 Å². The number of thiocarbonyl (C=S) groups is 1. The van der Waals surface area contributed by atoms with E-state index in [1.807, 2.05) is 6.92 Å². The molecule has 6 heteroatoms. The predicted octanol–water partition coefficient (Wildman–Crippen LogP) is 2.73. The fraction of sp³-hybridized carbons (Fsp3) is 0.533. The Bertz CT molecular complexity index is 612. The van der Waals surface area contributed by atoms with Crippen LogP contribution < -0.4 is 10.5 Å². The van der Waals surface area contributed by atoms with Crippen molar-refractivity contribution in [3.05, 3.63) is 29.3 Å². The monoisotopic (exact) mass is 328 g/mol. The molecule has 1 aromatic rings. The van der Waals surface area contributed by atoms with Gasteiger partial charge in [-0.1, -0.05) is 38.6 Å². The highest BCUT2D eigenvalue weighted by atomic mass is 32.2. The van der Waals surface area contributed by atoms with Crippen LogP contribution in [0.2, 0.25) is 0 Å². The maximum absolute atomic E-state index is 12.4. The molecule has 2 atom stereocenters. The second kappa shape index (κ2) is 7.33. The van der Waals surface area contributed by atoms with Crippen LogP contribution in [0.3, 0.4) is 0 Å². The molecule has 0 aliphatic heterocycles. The lowest BCUT2D eigenvalue weighted by atomic mass is 10.0. The summed E-state index contributed by atoms with van der Waals surface area (Å²) in [7, 11) is -3.52. The van der Waals surface area contributed by atoms with E-state index in [1.54, 1.807) is 25.1 Å². The first-order valence-electron chi connectivity index (χ1n) is 7.10. The molecule has 1 aromatic carbocycles. The van der Waals surface area contributed by atoms with Crippen LogP contribution in [-0.4, -0.2) is 19.4 Å². The molecule has 1 rings (SSSR count). The summed E-state index contributed by atoms with van der Waals surface area (Å²) in [5.74, 6) is 0.487. The Balaban J connectivity index is 2.95. The van der Waals surface area contributed by atoms with Crippen molar-refractivity contribution in [3.8, 4) is 0 Å². The second-order valence-corrected chi connectivity index (χ2v) is 7.74. The van der Waals surface area contributed by atoms with Crippen molar-refractivity contribution in [2.75, 3.05) is 0 Å². The van der Waals surface area contributed by atoms with Crippen molar-refractivity contribution in [2.45, 2.75) is 51.5 Å². The summed E-state index contributed by atoms with van der Waals surface area (Å²) >= 11 is 4.90. The lowest BCUT2D eigenvalue weighted by molar-refractivity contribution is 0.445.